The first-order valence-electron chi connectivity index (χ1n) is 17.4. The summed E-state index contributed by atoms with van der Waals surface area (Å²) in [4.78, 5) is 2.38. The molecule has 0 amide bonds. The number of aromatic nitrogens is 1. The van der Waals surface area contributed by atoms with Gasteiger partial charge in [-0.3, -0.25) is 0 Å². The second-order valence-corrected chi connectivity index (χ2v) is 13.0. The molecule has 0 aliphatic rings. The van der Waals surface area contributed by atoms with Crippen molar-refractivity contribution in [3.8, 4) is 27.9 Å². The molecule has 3 heteroatoms. The summed E-state index contributed by atoms with van der Waals surface area (Å²) in [5.74, 6) is 0. The van der Waals surface area contributed by atoms with E-state index in [0.717, 1.165) is 50.2 Å². The van der Waals surface area contributed by atoms with Crippen molar-refractivity contribution >= 4 is 60.8 Å². The Morgan fingerprint density at radius 1 is 0.373 bits per heavy atom. The van der Waals surface area contributed by atoms with E-state index in [0.29, 0.717) is 0 Å². The monoisotopic (exact) mass is 652 g/mol. The summed E-state index contributed by atoms with van der Waals surface area (Å²) in [6.07, 6.45) is 0. The fourth-order valence-electron chi connectivity index (χ4n) is 7.67. The Morgan fingerprint density at radius 2 is 0.980 bits per heavy atom. The van der Waals surface area contributed by atoms with Crippen LogP contribution in [-0.4, -0.2) is 4.57 Å². The van der Waals surface area contributed by atoms with E-state index in [4.69, 9.17) is 4.42 Å². The second-order valence-electron chi connectivity index (χ2n) is 13.0. The van der Waals surface area contributed by atoms with E-state index in [1.807, 2.05) is 12.1 Å². The Kier molecular flexibility index (Phi) is 6.81. The smallest absolute Gasteiger partial charge is 0.135 e. The lowest BCUT2D eigenvalue weighted by Crippen LogP contribution is -2.10. The van der Waals surface area contributed by atoms with Crippen molar-refractivity contribution in [1.82, 2.24) is 4.57 Å². The van der Waals surface area contributed by atoms with Gasteiger partial charge >= 0.3 is 0 Å². The number of hydrogen-bond donors (Lipinski definition) is 0. The molecule has 51 heavy (non-hydrogen) atoms. The summed E-state index contributed by atoms with van der Waals surface area (Å²) in [6.45, 7) is 0. The van der Waals surface area contributed by atoms with Gasteiger partial charge in [0.05, 0.1) is 11.0 Å². The SMILES string of the molecule is c1ccc(-c2cccc(N(c3ccc4oc5ccccc5c4c3)c3ccc4c(c3)c3c(-c5ccccc5)cccc3n4-c3ccccc3)c2)cc1. The summed E-state index contributed by atoms with van der Waals surface area (Å²) >= 11 is 0. The van der Waals surface area contributed by atoms with Gasteiger partial charge in [-0.2, -0.15) is 0 Å². The molecule has 0 aliphatic heterocycles. The Bertz CT molecular complexity index is 2850. The lowest BCUT2D eigenvalue weighted by Gasteiger charge is -2.26. The molecule has 0 saturated carbocycles. The third-order valence-electron chi connectivity index (χ3n) is 9.96. The van der Waals surface area contributed by atoms with Crippen LogP contribution < -0.4 is 4.90 Å². The standard InChI is InChI=1S/C48H32N2O/c1-4-14-33(15-5-1)35-18-12-21-37(30-35)49(39-27-29-47-42(31-39)41-22-10-11-25-46(41)51-47)38-26-28-44-43(32-38)48-40(34-16-6-2-7-17-34)23-13-24-45(48)50(44)36-19-8-3-9-20-36/h1-32H. The first-order chi connectivity index (χ1) is 25.3. The van der Waals surface area contributed by atoms with Crippen LogP contribution in [0.5, 0.6) is 0 Å². The van der Waals surface area contributed by atoms with Crippen LogP contribution in [-0.2, 0) is 0 Å². The number of anilines is 3. The largest absolute Gasteiger partial charge is 0.456 e. The fraction of sp³-hybridized carbons (Fsp3) is 0. The quantitative estimate of drug-likeness (QED) is 0.178. The number of hydrogen-bond acceptors (Lipinski definition) is 2. The molecule has 8 aromatic carbocycles. The van der Waals surface area contributed by atoms with E-state index in [1.54, 1.807) is 0 Å². The van der Waals surface area contributed by atoms with Gasteiger partial charge in [0.15, 0.2) is 0 Å². The van der Waals surface area contributed by atoms with Gasteiger partial charge in [0.2, 0.25) is 0 Å². The van der Waals surface area contributed by atoms with Crippen LogP contribution in [0.15, 0.2) is 199 Å². The van der Waals surface area contributed by atoms with Crippen molar-refractivity contribution in [1.29, 1.82) is 0 Å². The van der Waals surface area contributed by atoms with Gasteiger partial charge in [-0.15, -0.1) is 0 Å². The molecule has 10 aromatic rings. The molecule has 0 spiro atoms. The van der Waals surface area contributed by atoms with E-state index in [2.05, 4.69) is 191 Å². The third kappa shape index (κ3) is 4.90. The van der Waals surface area contributed by atoms with Gasteiger partial charge in [0.25, 0.3) is 0 Å². The molecule has 0 aliphatic carbocycles. The average Bonchev–Trinajstić information content (AvgIpc) is 3.74. The topological polar surface area (TPSA) is 21.3 Å². The summed E-state index contributed by atoms with van der Waals surface area (Å²) in [5, 5.41) is 4.64. The van der Waals surface area contributed by atoms with Crippen molar-refractivity contribution in [2.75, 3.05) is 4.90 Å². The van der Waals surface area contributed by atoms with Crippen LogP contribution in [0, 0.1) is 0 Å². The maximum atomic E-state index is 6.26. The Morgan fingerprint density at radius 3 is 1.78 bits per heavy atom. The molecule has 0 N–H and O–H groups in total. The molecule has 0 atom stereocenters. The number of nitrogens with zero attached hydrogens (tertiary/aromatic N) is 2. The Hall–Kier alpha value is -6.84. The number of para-hydroxylation sites is 2. The highest BCUT2D eigenvalue weighted by molar-refractivity contribution is 6.17. The maximum absolute atomic E-state index is 6.26. The highest BCUT2D eigenvalue weighted by Gasteiger charge is 2.21. The molecular weight excluding hydrogens is 621 g/mol. The summed E-state index contributed by atoms with van der Waals surface area (Å²) in [6, 6.07) is 69.2. The summed E-state index contributed by atoms with van der Waals surface area (Å²) in [5.41, 5.74) is 13.3. The number of furan rings is 1. The van der Waals surface area contributed by atoms with E-state index >= 15 is 0 Å². The average molecular weight is 653 g/mol. The second kappa shape index (κ2) is 11.9. The molecule has 0 saturated heterocycles. The van der Waals surface area contributed by atoms with Gasteiger partial charge in [0.1, 0.15) is 11.2 Å². The summed E-state index contributed by atoms with van der Waals surface area (Å²) < 4.78 is 8.65. The molecule has 240 valence electrons. The summed E-state index contributed by atoms with van der Waals surface area (Å²) in [7, 11) is 0. The van der Waals surface area contributed by atoms with Crippen LogP contribution in [0.1, 0.15) is 0 Å². The molecule has 2 aromatic heterocycles. The van der Waals surface area contributed by atoms with Gasteiger partial charge in [-0.1, -0.05) is 121 Å². The minimum absolute atomic E-state index is 0.881. The third-order valence-corrected chi connectivity index (χ3v) is 9.96. The molecular formula is C48H32N2O. The van der Waals surface area contributed by atoms with E-state index in [-0.39, 0.29) is 0 Å². The fourth-order valence-corrected chi connectivity index (χ4v) is 7.67. The number of fused-ring (bicyclic) bond motifs is 6. The molecule has 0 bridgehead atoms. The van der Waals surface area contributed by atoms with Crippen LogP contribution in [0.2, 0.25) is 0 Å². The van der Waals surface area contributed by atoms with E-state index in [1.165, 1.54) is 38.5 Å². The first-order valence-corrected chi connectivity index (χ1v) is 17.4. The predicted molar refractivity (Wildman–Crippen MR) is 214 cm³/mol. The Labute approximate surface area is 295 Å². The van der Waals surface area contributed by atoms with Gasteiger partial charge in [-0.25, -0.2) is 0 Å². The zero-order chi connectivity index (χ0) is 33.7. The van der Waals surface area contributed by atoms with Crippen LogP contribution >= 0.6 is 0 Å². The molecule has 0 unspecified atom stereocenters. The number of rotatable bonds is 6. The highest BCUT2D eigenvalue weighted by Crippen LogP contribution is 2.44. The van der Waals surface area contributed by atoms with Crippen LogP contribution in [0.25, 0.3) is 71.7 Å². The Balaban J connectivity index is 1.26. The van der Waals surface area contributed by atoms with Crippen LogP contribution in [0.3, 0.4) is 0 Å². The first kappa shape index (κ1) is 29.1. The highest BCUT2D eigenvalue weighted by atomic mass is 16.3. The van der Waals surface area contributed by atoms with Crippen molar-refractivity contribution in [3.05, 3.63) is 194 Å². The lowest BCUT2D eigenvalue weighted by molar-refractivity contribution is 0.669. The zero-order valence-electron chi connectivity index (χ0n) is 27.8. The lowest BCUT2D eigenvalue weighted by atomic mass is 9.99. The molecule has 10 rings (SSSR count). The zero-order valence-corrected chi connectivity index (χ0v) is 27.8. The minimum Gasteiger partial charge on any atom is -0.456 e. The van der Waals surface area contributed by atoms with Gasteiger partial charge in [-0.05, 0) is 95.1 Å². The van der Waals surface area contributed by atoms with Gasteiger partial charge in [0, 0.05) is 44.3 Å². The maximum Gasteiger partial charge on any atom is 0.135 e. The molecule has 3 nitrogen and oxygen atoms in total. The minimum atomic E-state index is 0.881. The normalized spacial score (nSPS) is 11.5. The molecule has 0 radical (unpaired) electrons. The number of benzene rings is 8. The van der Waals surface area contributed by atoms with Crippen molar-refractivity contribution in [2.45, 2.75) is 0 Å². The van der Waals surface area contributed by atoms with Gasteiger partial charge < -0.3 is 13.9 Å². The predicted octanol–water partition coefficient (Wildman–Crippen LogP) is 13.5. The van der Waals surface area contributed by atoms with Crippen molar-refractivity contribution in [3.63, 3.8) is 0 Å². The molecule has 2 heterocycles. The van der Waals surface area contributed by atoms with Crippen molar-refractivity contribution in [2.24, 2.45) is 0 Å². The van der Waals surface area contributed by atoms with E-state index in [9.17, 15) is 0 Å². The van der Waals surface area contributed by atoms with E-state index < -0.39 is 0 Å². The van der Waals surface area contributed by atoms with Crippen molar-refractivity contribution < 1.29 is 4.42 Å². The van der Waals surface area contributed by atoms with Crippen LogP contribution in [0.4, 0.5) is 17.1 Å². The molecule has 0 fully saturated rings.